The maximum absolute atomic E-state index is 13.7. The highest BCUT2D eigenvalue weighted by atomic mass is 32.1. The van der Waals surface area contributed by atoms with Crippen LogP contribution in [0.2, 0.25) is 0 Å². The summed E-state index contributed by atoms with van der Waals surface area (Å²) in [6, 6.07) is 31.0. The molecule has 184 valence electrons. The van der Waals surface area contributed by atoms with Crippen molar-refractivity contribution in [2.24, 2.45) is 4.99 Å². The second-order valence-electron chi connectivity index (χ2n) is 8.44. The average Bonchev–Trinajstić information content (AvgIpc) is 3.50. The lowest BCUT2D eigenvalue weighted by Gasteiger charge is -2.14. The predicted octanol–water partition coefficient (Wildman–Crippen LogP) is 6.62. The number of nitrogens with zero attached hydrogens (tertiary/aromatic N) is 3. The van der Waals surface area contributed by atoms with Crippen LogP contribution in [0.5, 0.6) is 11.5 Å². The van der Waals surface area contributed by atoms with Gasteiger partial charge in [-0.1, -0.05) is 72.0 Å². The molecule has 6 rings (SSSR count). The molecule has 1 N–H and O–H groups in total. The largest absolute Gasteiger partial charge is 0.478 e. The molecule has 0 spiro atoms. The Morgan fingerprint density at radius 1 is 0.868 bits per heavy atom. The number of carboxylic acids is 1. The first-order valence-electron chi connectivity index (χ1n) is 11.7. The molecule has 1 aromatic heterocycles. The number of hydrogen-bond acceptors (Lipinski definition) is 6. The highest BCUT2D eigenvalue weighted by molar-refractivity contribution is 7.22. The zero-order chi connectivity index (χ0) is 26.1. The van der Waals surface area contributed by atoms with Gasteiger partial charge in [-0.3, -0.25) is 4.79 Å². The van der Waals surface area contributed by atoms with Gasteiger partial charge in [-0.05, 0) is 54.1 Å². The minimum absolute atomic E-state index is 0.163. The van der Waals surface area contributed by atoms with Crippen molar-refractivity contribution < 1.29 is 19.4 Å². The molecule has 8 heteroatoms. The first kappa shape index (κ1) is 23.3. The minimum atomic E-state index is -1.02. The van der Waals surface area contributed by atoms with Crippen LogP contribution in [0.3, 0.4) is 0 Å². The molecule has 0 atom stereocenters. The number of rotatable bonds is 6. The van der Waals surface area contributed by atoms with Gasteiger partial charge in [-0.15, -0.1) is 0 Å². The number of aromatic carboxylic acids is 1. The molecule has 0 aliphatic carbocycles. The molecular formula is C30H19N3O4S. The fourth-order valence-electron chi connectivity index (χ4n) is 4.07. The van der Waals surface area contributed by atoms with Crippen LogP contribution in [0.4, 0.5) is 5.13 Å². The zero-order valence-corrected chi connectivity index (χ0v) is 20.6. The van der Waals surface area contributed by atoms with E-state index in [1.807, 2.05) is 84.9 Å². The van der Waals surface area contributed by atoms with Crippen molar-refractivity contribution in [3.05, 3.63) is 126 Å². The van der Waals surface area contributed by atoms with Gasteiger partial charge in [0.1, 0.15) is 23.0 Å². The van der Waals surface area contributed by atoms with Gasteiger partial charge < -0.3 is 9.84 Å². The van der Waals surface area contributed by atoms with Crippen LogP contribution in [0, 0.1) is 0 Å². The molecule has 1 aliphatic rings. The third-order valence-electron chi connectivity index (χ3n) is 5.85. The number of carbonyl (C=O) groups is 2. The molecule has 2 heterocycles. The van der Waals surface area contributed by atoms with Crippen LogP contribution < -0.4 is 9.64 Å². The van der Waals surface area contributed by atoms with Gasteiger partial charge >= 0.3 is 5.97 Å². The van der Waals surface area contributed by atoms with E-state index in [0.29, 0.717) is 32.7 Å². The fourth-order valence-corrected chi connectivity index (χ4v) is 5.07. The first-order chi connectivity index (χ1) is 18.5. The summed E-state index contributed by atoms with van der Waals surface area (Å²) in [4.78, 5) is 35.9. The lowest BCUT2D eigenvalue weighted by molar-refractivity contribution is -0.113. The van der Waals surface area contributed by atoms with E-state index in [0.717, 1.165) is 11.1 Å². The van der Waals surface area contributed by atoms with E-state index in [4.69, 9.17) is 9.73 Å². The van der Waals surface area contributed by atoms with E-state index in [1.54, 1.807) is 18.2 Å². The van der Waals surface area contributed by atoms with Crippen molar-refractivity contribution in [3.8, 4) is 11.5 Å². The summed E-state index contributed by atoms with van der Waals surface area (Å²) in [6.07, 6.45) is 1.72. The number of fused-ring (bicyclic) bond motifs is 1. The Balaban J connectivity index is 1.39. The molecule has 1 aliphatic heterocycles. The molecule has 1 amide bonds. The Hall–Kier alpha value is -5.08. The molecule has 38 heavy (non-hydrogen) atoms. The van der Waals surface area contributed by atoms with Crippen LogP contribution >= 0.6 is 11.3 Å². The van der Waals surface area contributed by atoms with Crippen molar-refractivity contribution in [2.75, 3.05) is 4.90 Å². The van der Waals surface area contributed by atoms with Crippen LogP contribution in [0.1, 0.15) is 21.5 Å². The lowest BCUT2D eigenvalue weighted by Crippen LogP contribution is -2.32. The highest BCUT2D eigenvalue weighted by Crippen LogP contribution is 2.35. The molecule has 0 bridgehead atoms. The maximum atomic E-state index is 13.7. The summed E-state index contributed by atoms with van der Waals surface area (Å²) < 4.78 is 6.61. The number of carbonyl (C=O) groups excluding carboxylic acids is 1. The smallest absolute Gasteiger partial charge is 0.335 e. The van der Waals surface area contributed by atoms with Crippen LogP contribution in [0.15, 0.2) is 114 Å². The fraction of sp³-hybridized carbons (Fsp3) is 0. The summed E-state index contributed by atoms with van der Waals surface area (Å²) in [5.74, 6) is 0.466. The van der Waals surface area contributed by atoms with Crippen molar-refractivity contribution >= 4 is 50.5 Å². The van der Waals surface area contributed by atoms with Crippen molar-refractivity contribution in [3.63, 3.8) is 0 Å². The Morgan fingerprint density at radius 2 is 1.61 bits per heavy atom. The number of ether oxygens (including phenoxy) is 1. The highest BCUT2D eigenvalue weighted by Gasteiger charge is 2.34. The Bertz CT molecular complexity index is 1740. The second-order valence-corrected chi connectivity index (χ2v) is 9.45. The Labute approximate surface area is 221 Å². The molecule has 0 saturated carbocycles. The lowest BCUT2D eigenvalue weighted by atomic mass is 10.2. The number of thiazole rings is 1. The summed E-state index contributed by atoms with van der Waals surface area (Å²) in [5, 5.41) is 9.77. The quantitative estimate of drug-likeness (QED) is 0.256. The molecule has 0 saturated heterocycles. The number of aromatic nitrogens is 1. The van der Waals surface area contributed by atoms with Gasteiger partial charge in [0.05, 0.1) is 15.8 Å². The molecule has 0 fully saturated rings. The van der Waals surface area contributed by atoms with Gasteiger partial charge in [0.25, 0.3) is 5.91 Å². The van der Waals surface area contributed by atoms with Crippen LogP contribution in [-0.4, -0.2) is 27.8 Å². The number of amidine groups is 1. The normalized spacial score (nSPS) is 14.2. The molecule has 4 aromatic carbocycles. The predicted molar refractivity (Wildman–Crippen MR) is 148 cm³/mol. The standard InChI is InChI=1S/C30H19N3O4S/c34-28-25(17-19-8-7-13-23(16-19)37-22-11-5-2-6-12-22)31-27(20-9-3-1-4-10-20)33(28)30-32-24-15-14-21(29(35)36)18-26(24)38-30/h1-18H,(H,35,36)/b25-17-. The molecule has 0 unspecified atom stereocenters. The number of carboxylic acid groups (broad SMARTS) is 1. The Kier molecular flexibility index (Phi) is 5.99. The van der Waals surface area contributed by atoms with Gasteiger partial charge in [-0.25, -0.2) is 19.7 Å². The van der Waals surface area contributed by atoms with Crippen molar-refractivity contribution in [2.45, 2.75) is 0 Å². The van der Waals surface area contributed by atoms with Gasteiger partial charge in [0.15, 0.2) is 5.13 Å². The Morgan fingerprint density at radius 3 is 2.37 bits per heavy atom. The third-order valence-corrected chi connectivity index (χ3v) is 6.85. The van der Waals surface area contributed by atoms with Crippen molar-refractivity contribution in [1.29, 1.82) is 0 Å². The number of hydrogen-bond donors (Lipinski definition) is 1. The summed E-state index contributed by atoms with van der Waals surface area (Å²) in [6.45, 7) is 0. The first-order valence-corrected chi connectivity index (χ1v) is 12.5. The van der Waals surface area contributed by atoms with E-state index in [9.17, 15) is 14.7 Å². The van der Waals surface area contributed by atoms with E-state index >= 15 is 0 Å². The number of benzene rings is 4. The SMILES string of the molecule is O=C(O)c1ccc2nc(N3C(=O)/C(=C/c4cccc(Oc5ccccc5)c4)N=C3c3ccccc3)sc2c1. The molecule has 7 nitrogen and oxygen atoms in total. The van der Waals surface area contributed by atoms with Gasteiger partial charge in [-0.2, -0.15) is 0 Å². The van der Waals surface area contributed by atoms with Crippen LogP contribution in [-0.2, 0) is 4.79 Å². The summed E-state index contributed by atoms with van der Waals surface area (Å²) >= 11 is 1.24. The maximum Gasteiger partial charge on any atom is 0.335 e. The van der Waals surface area contributed by atoms with E-state index in [2.05, 4.69) is 4.98 Å². The van der Waals surface area contributed by atoms with Gasteiger partial charge in [0, 0.05) is 5.56 Å². The van der Waals surface area contributed by atoms with Gasteiger partial charge in [0.2, 0.25) is 0 Å². The summed E-state index contributed by atoms with van der Waals surface area (Å²) in [5.41, 5.74) is 2.55. The third kappa shape index (κ3) is 4.56. The second kappa shape index (κ2) is 9.76. The number of anilines is 1. The van der Waals surface area contributed by atoms with E-state index in [1.165, 1.54) is 22.3 Å². The topological polar surface area (TPSA) is 92.1 Å². The number of amides is 1. The number of aliphatic imine (C=N–C) groups is 1. The van der Waals surface area contributed by atoms with Crippen molar-refractivity contribution in [1.82, 2.24) is 4.98 Å². The van der Waals surface area contributed by atoms with E-state index in [-0.39, 0.29) is 17.2 Å². The summed E-state index contributed by atoms with van der Waals surface area (Å²) in [7, 11) is 0. The monoisotopic (exact) mass is 517 g/mol. The minimum Gasteiger partial charge on any atom is -0.478 e. The zero-order valence-electron chi connectivity index (χ0n) is 19.8. The molecular weight excluding hydrogens is 498 g/mol. The molecule has 5 aromatic rings. The molecule has 0 radical (unpaired) electrons. The average molecular weight is 518 g/mol. The van der Waals surface area contributed by atoms with E-state index < -0.39 is 5.97 Å². The number of para-hydroxylation sites is 1. The van der Waals surface area contributed by atoms with Crippen LogP contribution in [0.25, 0.3) is 16.3 Å².